The third-order valence-corrected chi connectivity index (χ3v) is 4.82. The van der Waals surface area contributed by atoms with Crippen molar-refractivity contribution in [2.75, 3.05) is 12.3 Å². The molecule has 2 unspecified atom stereocenters. The Balaban J connectivity index is 1.90. The molecule has 1 aromatic rings. The van der Waals surface area contributed by atoms with Crippen molar-refractivity contribution in [1.82, 2.24) is 10.3 Å². The smallest absolute Gasteiger partial charge is 0.263 e. The zero-order valence-electron chi connectivity index (χ0n) is 11.0. The van der Waals surface area contributed by atoms with E-state index in [1.165, 1.54) is 37.0 Å². The molecule has 18 heavy (non-hydrogen) atoms. The van der Waals surface area contributed by atoms with Gasteiger partial charge in [0.15, 0.2) is 5.13 Å². The Bertz CT molecular complexity index is 430. The van der Waals surface area contributed by atoms with E-state index in [4.69, 9.17) is 5.73 Å². The van der Waals surface area contributed by atoms with Gasteiger partial charge in [-0.2, -0.15) is 0 Å². The second-order valence-corrected chi connectivity index (χ2v) is 6.23. The summed E-state index contributed by atoms with van der Waals surface area (Å²) in [5.74, 6) is 1.31. The molecule has 0 aliphatic heterocycles. The number of nitrogens with zero attached hydrogens (tertiary/aromatic N) is 1. The third kappa shape index (κ3) is 3.02. The number of thiazole rings is 1. The first-order chi connectivity index (χ1) is 8.58. The minimum Gasteiger partial charge on any atom is -0.375 e. The van der Waals surface area contributed by atoms with E-state index in [1.807, 2.05) is 6.92 Å². The lowest BCUT2D eigenvalue weighted by Gasteiger charge is -2.28. The van der Waals surface area contributed by atoms with Crippen LogP contribution in [0.4, 0.5) is 5.13 Å². The number of carbonyl (C=O) groups excluding carboxylic acids is 1. The standard InChI is InChI=1S/C13H21N3OS/c1-8-5-3-4-6-10(8)7-15-12(17)11-9(2)16-13(14)18-11/h8,10H,3-7H2,1-2H3,(H2,14,16)(H,15,17). The molecular weight excluding hydrogens is 246 g/mol. The van der Waals surface area contributed by atoms with Crippen LogP contribution >= 0.6 is 11.3 Å². The molecule has 1 fully saturated rings. The molecule has 1 aliphatic carbocycles. The van der Waals surface area contributed by atoms with E-state index < -0.39 is 0 Å². The van der Waals surface area contributed by atoms with Crippen molar-refractivity contribution >= 4 is 22.4 Å². The van der Waals surface area contributed by atoms with Gasteiger partial charge in [-0.05, 0) is 25.2 Å². The van der Waals surface area contributed by atoms with E-state index in [-0.39, 0.29) is 5.91 Å². The van der Waals surface area contributed by atoms with Crippen LogP contribution in [-0.4, -0.2) is 17.4 Å². The van der Waals surface area contributed by atoms with E-state index in [0.29, 0.717) is 21.8 Å². The normalized spacial score (nSPS) is 23.9. The number of carbonyl (C=O) groups is 1. The quantitative estimate of drug-likeness (QED) is 0.884. The zero-order chi connectivity index (χ0) is 13.1. The molecular formula is C13H21N3OS. The molecule has 1 aromatic heterocycles. The highest BCUT2D eigenvalue weighted by atomic mass is 32.1. The van der Waals surface area contributed by atoms with Crippen molar-refractivity contribution in [3.8, 4) is 0 Å². The second kappa shape index (κ2) is 5.69. The molecule has 2 atom stereocenters. The van der Waals surface area contributed by atoms with Crippen molar-refractivity contribution in [2.45, 2.75) is 39.5 Å². The first-order valence-corrected chi connectivity index (χ1v) is 7.40. The van der Waals surface area contributed by atoms with Crippen LogP contribution in [-0.2, 0) is 0 Å². The van der Waals surface area contributed by atoms with Gasteiger partial charge in [0.2, 0.25) is 0 Å². The summed E-state index contributed by atoms with van der Waals surface area (Å²) in [5.41, 5.74) is 6.33. The predicted octanol–water partition coefficient (Wildman–Crippen LogP) is 2.59. The molecule has 0 aromatic carbocycles. The van der Waals surface area contributed by atoms with E-state index in [9.17, 15) is 4.79 Å². The molecule has 0 bridgehead atoms. The average molecular weight is 267 g/mol. The van der Waals surface area contributed by atoms with Gasteiger partial charge in [0.1, 0.15) is 4.88 Å². The molecule has 0 saturated heterocycles. The number of hydrogen-bond donors (Lipinski definition) is 2. The van der Waals surface area contributed by atoms with E-state index >= 15 is 0 Å². The first kappa shape index (κ1) is 13.3. The highest BCUT2D eigenvalue weighted by Crippen LogP contribution is 2.29. The minimum atomic E-state index is -0.0283. The summed E-state index contributed by atoms with van der Waals surface area (Å²) in [6, 6.07) is 0. The molecule has 3 N–H and O–H groups in total. The van der Waals surface area contributed by atoms with Crippen LogP contribution in [0, 0.1) is 18.8 Å². The third-order valence-electron chi connectivity index (χ3n) is 3.83. The topological polar surface area (TPSA) is 68.0 Å². The van der Waals surface area contributed by atoms with E-state index in [2.05, 4.69) is 17.2 Å². The predicted molar refractivity (Wildman–Crippen MR) is 74.7 cm³/mol. The van der Waals surface area contributed by atoms with Crippen molar-refractivity contribution in [2.24, 2.45) is 11.8 Å². The summed E-state index contributed by atoms with van der Waals surface area (Å²) < 4.78 is 0. The number of hydrogen-bond acceptors (Lipinski definition) is 4. The molecule has 1 aliphatic rings. The Labute approximate surface area is 112 Å². The molecule has 1 heterocycles. The minimum absolute atomic E-state index is 0.0283. The number of aromatic nitrogens is 1. The van der Waals surface area contributed by atoms with Crippen molar-refractivity contribution in [3.63, 3.8) is 0 Å². The van der Waals surface area contributed by atoms with Gasteiger partial charge in [0.25, 0.3) is 5.91 Å². The fraction of sp³-hybridized carbons (Fsp3) is 0.692. The molecule has 2 rings (SSSR count). The number of nitrogens with one attached hydrogen (secondary N) is 1. The summed E-state index contributed by atoms with van der Waals surface area (Å²) in [4.78, 5) is 16.8. The maximum absolute atomic E-state index is 12.0. The first-order valence-electron chi connectivity index (χ1n) is 6.59. The van der Waals surface area contributed by atoms with Crippen LogP contribution < -0.4 is 11.1 Å². The number of rotatable bonds is 3. The summed E-state index contributed by atoms with van der Waals surface area (Å²) in [6.45, 7) is 4.88. The van der Waals surface area contributed by atoms with Crippen LogP contribution in [0.15, 0.2) is 0 Å². The molecule has 1 saturated carbocycles. The van der Waals surface area contributed by atoms with Gasteiger partial charge < -0.3 is 11.1 Å². The van der Waals surface area contributed by atoms with E-state index in [1.54, 1.807) is 0 Å². The Morgan fingerprint density at radius 3 is 2.83 bits per heavy atom. The van der Waals surface area contributed by atoms with Gasteiger partial charge in [-0.3, -0.25) is 4.79 Å². The Kier molecular flexibility index (Phi) is 4.22. The largest absolute Gasteiger partial charge is 0.375 e. The molecule has 5 heteroatoms. The maximum Gasteiger partial charge on any atom is 0.263 e. The zero-order valence-corrected chi connectivity index (χ0v) is 11.8. The lowest BCUT2D eigenvalue weighted by atomic mass is 9.80. The van der Waals surface area contributed by atoms with Crippen LogP contribution in [0.3, 0.4) is 0 Å². The molecule has 100 valence electrons. The Hall–Kier alpha value is -1.10. The van der Waals surface area contributed by atoms with Gasteiger partial charge >= 0.3 is 0 Å². The number of nitrogen functional groups attached to an aromatic ring is 1. The van der Waals surface area contributed by atoms with Crippen molar-refractivity contribution in [1.29, 1.82) is 0 Å². The summed E-state index contributed by atoms with van der Waals surface area (Å²) in [5, 5.41) is 3.49. The molecule has 1 amide bonds. The number of nitrogens with two attached hydrogens (primary N) is 1. The van der Waals surface area contributed by atoms with Crippen molar-refractivity contribution in [3.05, 3.63) is 10.6 Å². The van der Waals surface area contributed by atoms with Gasteiger partial charge in [-0.1, -0.05) is 37.5 Å². The Morgan fingerprint density at radius 1 is 1.50 bits per heavy atom. The summed E-state index contributed by atoms with van der Waals surface area (Å²) in [7, 11) is 0. The van der Waals surface area contributed by atoms with Crippen LogP contribution in [0.25, 0.3) is 0 Å². The molecule has 0 spiro atoms. The fourth-order valence-corrected chi connectivity index (χ4v) is 3.38. The van der Waals surface area contributed by atoms with Gasteiger partial charge in [0, 0.05) is 6.54 Å². The number of amides is 1. The lowest BCUT2D eigenvalue weighted by molar-refractivity contribution is 0.0939. The molecule has 0 radical (unpaired) electrons. The van der Waals surface area contributed by atoms with Gasteiger partial charge in [-0.25, -0.2) is 4.98 Å². The average Bonchev–Trinajstić information content (AvgIpc) is 2.67. The van der Waals surface area contributed by atoms with Gasteiger partial charge in [0.05, 0.1) is 5.69 Å². The second-order valence-electron chi connectivity index (χ2n) is 5.20. The van der Waals surface area contributed by atoms with Crippen LogP contribution in [0.1, 0.15) is 48.0 Å². The highest BCUT2D eigenvalue weighted by molar-refractivity contribution is 7.17. The monoisotopic (exact) mass is 267 g/mol. The summed E-state index contributed by atoms with van der Waals surface area (Å²) in [6.07, 6.45) is 5.13. The lowest BCUT2D eigenvalue weighted by Crippen LogP contribution is -2.33. The number of aryl methyl sites for hydroxylation is 1. The fourth-order valence-electron chi connectivity index (χ4n) is 2.63. The van der Waals surface area contributed by atoms with Gasteiger partial charge in [-0.15, -0.1) is 0 Å². The highest BCUT2D eigenvalue weighted by Gasteiger charge is 2.22. The Morgan fingerprint density at radius 2 is 2.22 bits per heavy atom. The SMILES string of the molecule is Cc1nc(N)sc1C(=O)NCC1CCCCC1C. The summed E-state index contributed by atoms with van der Waals surface area (Å²) >= 11 is 1.26. The van der Waals surface area contributed by atoms with Crippen LogP contribution in [0.5, 0.6) is 0 Å². The van der Waals surface area contributed by atoms with Crippen molar-refractivity contribution < 1.29 is 4.79 Å². The van der Waals surface area contributed by atoms with E-state index in [0.717, 1.165) is 12.2 Å². The van der Waals surface area contributed by atoms with Crippen LogP contribution in [0.2, 0.25) is 0 Å². The number of anilines is 1. The maximum atomic E-state index is 12.0. The molecule has 4 nitrogen and oxygen atoms in total.